The fourth-order valence-corrected chi connectivity index (χ4v) is 6.18. The van der Waals surface area contributed by atoms with Gasteiger partial charge in [0.1, 0.15) is 22.7 Å². The van der Waals surface area contributed by atoms with E-state index in [0.29, 0.717) is 27.8 Å². The molecule has 1 amide bonds. The summed E-state index contributed by atoms with van der Waals surface area (Å²) >= 11 is 0. The normalized spacial score (nSPS) is 13.1. The number of nitro groups is 1. The van der Waals surface area contributed by atoms with Crippen molar-refractivity contribution in [3.05, 3.63) is 92.8 Å². The Morgan fingerprint density at radius 3 is 2.40 bits per heavy atom. The number of hydrogen-bond donors (Lipinski definition) is 2. The van der Waals surface area contributed by atoms with Crippen molar-refractivity contribution in [3.8, 4) is 11.3 Å². The van der Waals surface area contributed by atoms with E-state index < -0.39 is 43.9 Å². The van der Waals surface area contributed by atoms with E-state index in [1.165, 1.54) is 41.7 Å². The van der Waals surface area contributed by atoms with Crippen molar-refractivity contribution in [2.24, 2.45) is 0 Å². The van der Waals surface area contributed by atoms with Crippen LogP contribution in [0.5, 0.6) is 0 Å². The molecule has 0 atom stereocenters. The lowest BCUT2D eigenvalue weighted by Crippen LogP contribution is -2.34. The number of benzene rings is 3. The smallest absolute Gasteiger partial charge is 0.342 e. The third-order valence-electron chi connectivity index (χ3n) is 7.65. The fraction of sp³-hybridized carbons (Fsp3) is 0.312. The molecule has 15 heteroatoms. The highest BCUT2D eigenvalue weighted by atomic mass is 32.2. The van der Waals surface area contributed by atoms with Crippen molar-refractivity contribution in [3.63, 3.8) is 0 Å². The SMILES string of the molecule is CNC(=O)c1c(-c2ccc(F)cc2)oc2cc(N(CCOCCOCc3ccc(C(=O)O)c([N+](=O)[O-])c3)S(C)(=O)=O)c(C3CC3)cc12. The first-order valence-corrected chi connectivity index (χ1v) is 16.5. The van der Waals surface area contributed by atoms with Gasteiger partial charge >= 0.3 is 5.97 Å². The van der Waals surface area contributed by atoms with Crippen LogP contribution in [0.2, 0.25) is 0 Å². The van der Waals surface area contributed by atoms with Gasteiger partial charge in [-0.15, -0.1) is 0 Å². The molecule has 2 N–H and O–H groups in total. The number of nitrogens with zero attached hydrogens (tertiary/aromatic N) is 2. The highest BCUT2D eigenvalue weighted by Crippen LogP contribution is 2.48. The van der Waals surface area contributed by atoms with Gasteiger partial charge in [0, 0.05) is 30.1 Å². The second kappa shape index (κ2) is 13.9. The number of carbonyl (C=O) groups excluding carboxylic acids is 1. The first-order chi connectivity index (χ1) is 22.4. The van der Waals surface area contributed by atoms with Gasteiger partial charge in [-0.2, -0.15) is 0 Å². The van der Waals surface area contributed by atoms with Gasteiger partial charge in [-0.05, 0) is 66.3 Å². The van der Waals surface area contributed by atoms with E-state index in [0.717, 1.165) is 36.8 Å². The standard InChI is InChI=1S/C32H32FN3O10S/c1-34-31(37)29-25-16-24(20-4-5-20)26(17-28(25)46-30(29)21-6-8-22(33)9-7-21)35(47(2,42)43)11-12-44-13-14-45-18-19-3-10-23(32(38)39)27(15-19)36(40)41/h3,6-10,15-17,20H,4-5,11-14,18H2,1-2H3,(H,34,37)(H,38,39). The van der Waals surface area contributed by atoms with Crippen molar-refractivity contribution < 1.29 is 46.3 Å². The summed E-state index contributed by atoms with van der Waals surface area (Å²) in [7, 11) is -2.29. The molecule has 0 unspecified atom stereocenters. The summed E-state index contributed by atoms with van der Waals surface area (Å²) in [6.07, 6.45) is 2.79. The quantitative estimate of drug-likeness (QED) is 0.0985. The summed E-state index contributed by atoms with van der Waals surface area (Å²) in [6, 6.07) is 12.7. The molecule has 1 saturated carbocycles. The lowest BCUT2D eigenvalue weighted by Gasteiger charge is -2.25. The van der Waals surface area contributed by atoms with Gasteiger partial charge in [0.05, 0.1) is 55.4 Å². The Labute approximate surface area is 269 Å². The van der Waals surface area contributed by atoms with Gasteiger partial charge in [-0.3, -0.25) is 19.2 Å². The third kappa shape index (κ3) is 7.59. The summed E-state index contributed by atoms with van der Waals surface area (Å²) in [6.45, 7) is 0.148. The zero-order chi connectivity index (χ0) is 33.9. The second-order valence-electron chi connectivity index (χ2n) is 11.0. The molecular weight excluding hydrogens is 637 g/mol. The lowest BCUT2D eigenvalue weighted by molar-refractivity contribution is -0.385. The molecule has 1 fully saturated rings. The molecular formula is C32H32FN3O10S. The predicted molar refractivity (Wildman–Crippen MR) is 170 cm³/mol. The summed E-state index contributed by atoms with van der Waals surface area (Å²) in [4.78, 5) is 34.6. The minimum absolute atomic E-state index is 0.0137. The molecule has 13 nitrogen and oxygen atoms in total. The van der Waals surface area contributed by atoms with Gasteiger partial charge in [0.15, 0.2) is 0 Å². The largest absolute Gasteiger partial charge is 0.477 e. The van der Waals surface area contributed by atoms with Crippen LogP contribution in [0, 0.1) is 15.9 Å². The molecule has 1 aliphatic rings. The Balaban J connectivity index is 1.31. The van der Waals surface area contributed by atoms with E-state index in [9.17, 15) is 32.5 Å². The molecule has 0 saturated heterocycles. The summed E-state index contributed by atoms with van der Waals surface area (Å²) in [5.41, 5.74) is 1.67. The number of nitro benzene ring substituents is 1. The maximum absolute atomic E-state index is 13.6. The number of sulfonamides is 1. The molecule has 47 heavy (non-hydrogen) atoms. The van der Waals surface area contributed by atoms with Crippen molar-refractivity contribution in [2.75, 3.05) is 44.0 Å². The summed E-state index contributed by atoms with van der Waals surface area (Å²) < 4.78 is 58.2. The first-order valence-electron chi connectivity index (χ1n) is 14.6. The van der Waals surface area contributed by atoms with Crippen LogP contribution in [-0.4, -0.2) is 70.0 Å². The van der Waals surface area contributed by atoms with Gasteiger partial charge in [-0.1, -0.05) is 6.07 Å². The topological polar surface area (TPSA) is 179 Å². The minimum Gasteiger partial charge on any atom is -0.477 e. The molecule has 0 aliphatic heterocycles. The van der Waals surface area contributed by atoms with E-state index in [1.54, 1.807) is 12.1 Å². The van der Waals surface area contributed by atoms with Crippen LogP contribution in [0.1, 0.15) is 50.6 Å². The number of fused-ring (bicyclic) bond motifs is 1. The van der Waals surface area contributed by atoms with Crippen LogP contribution in [0.3, 0.4) is 0 Å². The number of anilines is 1. The first kappa shape index (κ1) is 33.5. The van der Waals surface area contributed by atoms with E-state index >= 15 is 0 Å². The van der Waals surface area contributed by atoms with Gasteiger partial charge in [-0.25, -0.2) is 17.6 Å². The minimum atomic E-state index is -3.79. The number of carbonyl (C=O) groups is 2. The highest BCUT2D eigenvalue weighted by Gasteiger charge is 2.33. The van der Waals surface area contributed by atoms with Crippen LogP contribution < -0.4 is 9.62 Å². The Morgan fingerprint density at radius 1 is 1.09 bits per heavy atom. The Kier molecular flexibility index (Phi) is 9.88. The summed E-state index contributed by atoms with van der Waals surface area (Å²) in [5.74, 6) is -1.92. The molecule has 0 bridgehead atoms. The Morgan fingerprint density at radius 2 is 1.79 bits per heavy atom. The molecule has 3 aromatic carbocycles. The molecule has 248 valence electrons. The van der Waals surface area contributed by atoms with E-state index in [1.807, 2.05) is 0 Å². The molecule has 1 aliphatic carbocycles. The van der Waals surface area contributed by atoms with E-state index in [2.05, 4.69) is 5.32 Å². The molecule has 5 rings (SSSR count). The number of amides is 1. The zero-order valence-corrected chi connectivity index (χ0v) is 26.3. The van der Waals surface area contributed by atoms with Crippen LogP contribution in [-0.2, 0) is 26.1 Å². The number of nitrogens with one attached hydrogen (secondary N) is 1. The van der Waals surface area contributed by atoms with Crippen LogP contribution in [0.15, 0.2) is 59.0 Å². The Bertz CT molecular complexity index is 1940. The molecule has 4 aromatic rings. The van der Waals surface area contributed by atoms with Crippen molar-refractivity contribution in [2.45, 2.75) is 25.4 Å². The average Bonchev–Trinajstić information content (AvgIpc) is 3.81. The number of furan rings is 1. The van der Waals surface area contributed by atoms with Crippen LogP contribution >= 0.6 is 0 Å². The van der Waals surface area contributed by atoms with Crippen LogP contribution in [0.4, 0.5) is 15.8 Å². The molecule has 1 aromatic heterocycles. The number of hydrogen-bond acceptors (Lipinski definition) is 9. The predicted octanol–water partition coefficient (Wildman–Crippen LogP) is 5.08. The molecule has 0 radical (unpaired) electrons. The Hall–Kier alpha value is -4.86. The second-order valence-corrected chi connectivity index (χ2v) is 12.9. The maximum atomic E-state index is 13.6. The number of halogens is 1. The van der Waals surface area contributed by atoms with E-state index in [-0.39, 0.29) is 50.2 Å². The maximum Gasteiger partial charge on any atom is 0.342 e. The number of ether oxygens (including phenoxy) is 2. The number of carboxylic acids is 1. The summed E-state index contributed by atoms with van der Waals surface area (Å²) in [5, 5.41) is 23.5. The van der Waals surface area contributed by atoms with Crippen LogP contribution in [0.25, 0.3) is 22.3 Å². The highest BCUT2D eigenvalue weighted by molar-refractivity contribution is 7.92. The van der Waals surface area contributed by atoms with Gasteiger partial charge < -0.3 is 24.3 Å². The number of aromatic carboxylic acids is 1. The molecule has 1 heterocycles. The van der Waals surface area contributed by atoms with Crippen molar-refractivity contribution >= 4 is 44.2 Å². The monoisotopic (exact) mass is 669 g/mol. The van der Waals surface area contributed by atoms with E-state index in [4.69, 9.17) is 19.0 Å². The van der Waals surface area contributed by atoms with Gasteiger partial charge in [0.25, 0.3) is 11.6 Å². The molecule has 0 spiro atoms. The third-order valence-corrected chi connectivity index (χ3v) is 8.83. The van der Waals surface area contributed by atoms with Crippen molar-refractivity contribution in [1.29, 1.82) is 0 Å². The average molecular weight is 670 g/mol. The fourth-order valence-electron chi connectivity index (χ4n) is 5.26. The van der Waals surface area contributed by atoms with Gasteiger partial charge in [0.2, 0.25) is 10.0 Å². The zero-order valence-electron chi connectivity index (χ0n) is 25.5. The lowest BCUT2D eigenvalue weighted by atomic mass is 10.0. The van der Waals surface area contributed by atoms with Crippen molar-refractivity contribution in [1.82, 2.24) is 5.32 Å². The number of carboxylic acid groups (broad SMARTS) is 1. The number of rotatable bonds is 15.